The number of nitrogens with zero attached hydrogens (tertiary/aromatic N) is 2. The first-order valence-corrected chi connectivity index (χ1v) is 12.0. The summed E-state index contributed by atoms with van der Waals surface area (Å²) in [6.07, 6.45) is 1.70. The zero-order valence-corrected chi connectivity index (χ0v) is 23.0. The van der Waals surface area contributed by atoms with Crippen LogP contribution in [0.2, 0.25) is 0 Å². The quantitative estimate of drug-likeness (QED) is 0.298. The van der Waals surface area contributed by atoms with Crippen LogP contribution in [-0.2, 0) is 6.42 Å². The van der Waals surface area contributed by atoms with E-state index in [1.165, 1.54) is 5.56 Å². The molecule has 200 valence electrons. The van der Waals surface area contributed by atoms with Crippen molar-refractivity contribution in [2.24, 2.45) is 0 Å². The lowest BCUT2D eigenvalue weighted by atomic mass is 10.1. The van der Waals surface area contributed by atoms with E-state index in [9.17, 15) is 4.79 Å². The van der Waals surface area contributed by atoms with Crippen molar-refractivity contribution in [1.29, 1.82) is 0 Å². The first-order chi connectivity index (χ1) is 17.5. The molecule has 7 nitrogen and oxygen atoms in total. The molecule has 0 aliphatic heterocycles. The van der Waals surface area contributed by atoms with Gasteiger partial charge in [0.1, 0.15) is 0 Å². The summed E-state index contributed by atoms with van der Waals surface area (Å²) in [5, 5.41) is 0. The molecule has 3 aromatic rings. The standard InChI is InChI=1S/C29H36N2O5.ClH/c1-30(19-16-22-12-14-25(33-2)27(20-22)35-4)17-9-18-31(29(32)23-10-7-6-8-11-23)24-13-15-26(34-3)28(21-24)36-5;/h6-8,10-15,20-21H,9,16-19H2,1-5H3;1H. The second-order valence-corrected chi connectivity index (χ2v) is 8.46. The molecule has 1 amide bonds. The molecular weight excluding hydrogens is 492 g/mol. The van der Waals surface area contributed by atoms with Crippen LogP contribution in [0.25, 0.3) is 0 Å². The van der Waals surface area contributed by atoms with Crippen LogP contribution in [0.1, 0.15) is 22.3 Å². The smallest absolute Gasteiger partial charge is 0.258 e. The zero-order valence-electron chi connectivity index (χ0n) is 22.2. The first kappa shape index (κ1) is 29.8. The normalized spacial score (nSPS) is 10.4. The third-order valence-corrected chi connectivity index (χ3v) is 6.10. The van der Waals surface area contributed by atoms with Crippen LogP contribution < -0.4 is 23.8 Å². The average Bonchev–Trinajstić information content (AvgIpc) is 2.93. The second-order valence-electron chi connectivity index (χ2n) is 8.46. The summed E-state index contributed by atoms with van der Waals surface area (Å²) >= 11 is 0. The summed E-state index contributed by atoms with van der Waals surface area (Å²) in [7, 11) is 8.58. The molecule has 3 rings (SSSR count). The van der Waals surface area contributed by atoms with Gasteiger partial charge in [0, 0.05) is 30.4 Å². The molecule has 0 unspecified atom stereocenters. The minimum Gasteiger partial charge on any atom is -0.493 e. The number of hydrogen-bond acceptors (Lipinski definition) is 6. The maximum Gasteiger partial charge on any atom is 0.258 e. The highest BCUT2D eigenvalue weighted by Gasteiger charge is 2.19. The fraction of sp³-hybridized carbons (Fsp3) is 0.345. The average molecular weight is 529 g/mol. The Bertz CT molecular complexity index is 1130. The van der Waals surface area contributed by atoms with Gasteiger partial charge in [0.15, 0.2) is 23.0 Å². The van der Waals surface area contributed by atoms with Gasteiger partial charge in [-0.25, -0.2) is 0 Å². The van der Waals surface area contributed by atoms with Gasteiger partial charge in [-0.15, -0.1) is 12.4 Å². The van der Waals surface area contributed by atoms with E-state index in [2.05, 4.69) is 18.0 Å². The fourth-order valence-electron chi connectivity index (χ4n) is 4.04. The van der Waals surface area contributed by atoms with Crippen LogP contribution in [0.4, 0.5) is 5.69 Å². The molecule has 0 spiro atoms. The van der Waals surface area contributed by atoms with E-state index in [1.54, 1.807) is 33.3 Å². The van der Waals surface area contributed by atoms with Gasteiger partial charge < -0.3 is 28.7 Å². The molecule has 0 bridgehead atoms. The number of benzene rings is 3. The second kappa shape index (κ2) is 15.0. The fourth-order valence-corrected chi connectivity index (χ4v) is 4.04. The highest BCUT2D eigenvalue weighted by Crippen LogP contribution is 2.32. The lowest BCUT2D eigenvalue weighted by Gasteiger charge is -2.25. The maximum atomic E-state index is 13.4. The molecular formula is C29H37ClN2O5. The van der Waals surface area contributed by atoms with E-state index in [0.29, 0.717) is 23.6 Å². The molecule has 0 saturated carbocycles. The van der Waals surface area contributed by atoms with E-state index in [1.807, 2.05) is 60.7 Å². The topological polar surface area (TPSA) is 60.5 Å². The van der Waals surface area contributed by atoms with Crippen LogP contribution in [0.15, 0.2) is 66.7 Å². The van der Waals surface area contributed by atoms with Crippen molar-refractivity contribution in [3.63, 3.8) is 0 Å². The van der Waals surface area contributed by atoms with Crippen molar-refractivity contribution >= 4 is 24.0 Å². The molecule has 0 aliphatic carbocycles. The molecule has 37 heavy (non-hydrogen) atoms. The summed E-state index contributed by atoms with van der Waals surface area (Å²) in [6.45, 7) is 2.31. The minimum absolute atomic E-state index is 0. The highest BCUT2D eigenvalue weighted by atomic mass is 35.5. The molecule has 0 aromatic heterocycles. The Hall–Kier alpha value is -3.42. The van der Waals surface area contributed by atoms with Gasteiger partial charge in [-0.2, -0.15) is 0 Å². The number of ether oxygens (including phenoxy) is 4. The van der Waals surface area contributed by atoms with E-state index in [0.717, 1.165) is 43.1 Å². The molecule has 0 aliphatic rings. The van der Waals surface area contributed by atoms with E-state index < -0.39 is 0 Å². The van der Waals surface area contributed by atoms with Gasteiger partial charge in [-0.1, -0.05) is 24.3 Å². The lowest BCUT2D eigenvalue weighted by molar-refractivity contribution is 0.0986. The summed E-state index contributed by atoms with van der Waals surface area (Å²) in [5.74, 6) is 2.64. The highest BCUT2D eigenvalue weighted by molar-refractivity contribution is 6.06. The number of likely N-dealkylation sites (N-methyl/N-ethyl adjacent to an activating group) is 1. The van der Waals surface area contributed by atoms with Crippen molar-refractivity contribution in [3.8, 4) is 23.0 Å². The molecule has 3 aromatic carbocycles. The monoisotopic (exact) mass is 528 g/mol. The SMILES string of the molecule is COc1ccc(CCN(C)CCCN(C(=O)c2ccccc2)c2ccc(OC)c(OC)c2)cc1OC.Cl. The lowest BCUT2D eigenvalue weighted by Crippen LogP contribution is -2.34. The molecule has 8 heteroatoms. The molecule has 0 heterocycles. The van der Waals surface area contributed by atoms with Crippen molar-refractivity contribution in [2.45, 2.75) is 12.8 Å². The van der Waals surface area contributed by atoms with Gasteiger partial charge in [0.05, 0.1) is 28.4 Å². The zero-order chi connectivity index (χ0) is 25.9. The maximum absolute atomic E-state index is 13.4. The van der Waals surface area contributed by atoms with Crippen LogP contribution in [0, 0.1) is 0 Å². The van der Waals surface area contributed by atoms with Crippen molar-refractivity contribution < 1.29 is 23.7 Å². The Morgan fingerprint density at radius 3 is 1.92 bits per heavy atom. The van der Waals surface area contributed by atoms with Crippen LogP contribution in [0.3, 0.4) is 0 Å². The van der Waals surface area contributed by atoms with Gasteiger partial charge in [0.2, 0.25) is 0 Å². The Kier molecular flexibility index (Phi) is 12.1. The Morgan fingerprint density at radius 2 is 1.30 bits per heavy atom. The van der Waals surface area contributed by atoms with Gasteiger partial charge in [-0.05, 0) is 68.4 Å². The van der Waals surface area contributed by atoms with Crippen LogP contribution in [0.5, 0.6) is 23.0 Å². The number of rotatable bonds is 13. The van der Waals surface area contributed by atoms with Crippen molar-refractivity contribution in [2.75, 3.05) is 60.0 Å². The first-order valence-electron chi connectivity index (χ1n) is 12.0. The van der Waals surface area contributed by atoms with Crippen LogP contribution in [-0.4, -0.2) is 65.9 Å². The number of carbonyl (C=O) groups excluding carboxylic acids is 1. The molecule has 0 N–H and O–H groups in total. The van der Waals surface area contributed by atoms with Crippen molar-refractivity contribution in [1.82, 2.24) is 4.90 Å². The minimum atomic E-state index is -0.0456. The number of hydrogen-bond donors (Lipinski definition) is 0. The Morgan fingerprint density at radius 1 is 0.703 bits per heavy atom. The number of amides is 1. The van der Waals surface area contributed by atoms with Gasteiger partial charge in [0.25, 0.3) is 5.91 Å². The largest absolute Gasteiger partial charge is 0.493 e. The number of halogens is 1. The van der Waals surface area contributed by atoms with E-state index in [-0.39, 0.29) is 18.3 Å². The Labute approximate surface area is 226 Å². The summed E-state index contributed by atoms with van der Waals surface area (Å²) < 4.78 is 21.6. The predicted molar refractivity (Wildman–Crippen MR) is 150 cm³/mol. The van der Waals surface area contributed by atoms with E-state index in [4.69, 9.17) is 18.9 Å². The molecule has 0 fully saturated rings. The number of carbonyl (C=O) groups is 1. The summed E-state index contributed by atoms with van der Waals surface area (Å²) in [6, 6.07) is 20.9. The summed E-state index contributed by atoms with van der Waals surface area (Å²) in [5.41, 5.74) is 2.61. The number of methoxy groups -OCH3 is 4. The van der Waals surface area contributed by atoms with E-state index >= 15 is 0 Å². The molecule has 0 saturated heterocycles. The molecule has 0 atom stereocenters. The Balaban J connectivity index is 0.00000481. The van der Waals surface area contributed by atoms with Crippen molar-refractivity contribution in [3.05, 3.63) is 77.9 Å². The van der Waals surface area contributed by atoms with Gasteiger partial charge in [-0.3, -0.25) is 4.79 Å². The molecule has 0 radical (unpaired) electrons. The third kappa shape index (κ3) is 8.03. The number of anilines is 1. The van der Waals surface area contributed by atoms with Crippen LogP contribution >= 0.6 is 12.4 Å². The summed E-state index contributed by atoms with van der Waals surface area (Å²) in [4.78, 5) is 17.5. The predicted octanol–water partition coefficient (Wildman–Crippen LogP) is 5.35. The third-order valence-electron chi connectivity index (χ3n) is 6.10. The van der Waals surface area contributed by atoms with Gasteiger partial charge >= 0.3 is 0 Å².